The van der Waals surface area contributed by atoms with Crippen LogP contribution in [0.3, 0.4) is 0 Å². The third-order valence-corrected chi connectivity index (χ3v) is 2.68. The van der Waals surface area contributed by atoms with E-state index in [0.717, 1.165) is 18.0 Å². The third kappa shape index (κ3) is 3.88. The number of aromatic nitrogens is 2. The summed E-state index contributed by atoms with van der Waals surface area (Å²) in [5.41, 5.74) is 1.22. The Balaban J connectivity index is 1.83. The molecule has 17 heavy (non-hydrogen) atoms. The summed E-state index contributed by atoms with van der Waals surface area (Å²) in [5.74, 6) is 0.586. The summed E-state index contributed by atoms with van der Waals surface area (Å²) in [6.07, 6.45) is 4.03. The fourth-order valence-electron chi connectivity index (χ4n) is 1.37. The fourth-order valence-corrected chi connectivity index (χ4v) is 1.60. The number of hydrogen-bond donors (Lipinski definition) is 1. The van der Waals surface area contributed by atoms with Gasteiger partial charge >= 0.3 is 0 Å². The van der Waals surface area contributed by atoms with Crippen LogP contribution in [-0.4, -0.2) is 16.5 Å². The van der Waals surface area contributed by atoms with Crippen LogP contribution in [0.1, 0.15) is 5.56 Å². The molecule has 0 saturated carbocycles. The van der Waals surface area contributed by atoms with Crippen LogP contribution in [0.5, 0.6) is 0 Å². The molecule has 3 nitrogen and oxygen atoms in total. The van der Waals surface area contributed by atoms with E-state index in [1.165, 1.54) is 5.56 Å². The van der Waals surface area contributed by atoms with Gasteiger partial charge in [0.25, 0.3) is 0 Å². The van der Waals surface area contributed by atoms with E-state index in [2.05, 4.69) is 15.3 Å². The summed E-state index contributed by atoms with van der Waals surface area (Å²) in [4.78, 5) is 8.10. The van der Waals surface area contributed by atoms with Gasteiger partial charge < -0.3 is 5.32 Å². The maximum absolute atomic E-state index is 5.81. The minimum atomic E-state index is 0.535. The van der Waals surface area contributed by atoms with Gasteiger partial charge in [-0.1, -0.05) is 35.3 Å². The van der Waals surface area contributed by atoms with Gasteiger partial charge in [0.05, 0.1) is 17.4 Å². The molecule has 1 aromatic heterocycles. The molecule has 0 atom stereocenters. The molecule has 1 aromatic carbocycles. The second kappa shape index (κ2) is 5.84. The van der Waals surface area contributed by atoms with E-state index < -0.39 is 0 Å². The van der Waals surface area contributed by atoms with Gasteiger partial charge in [0.2, 0.25) is 5.95 Å². The van der Waals surface area contributed by atoms with Crippen LogP contribution in [0.15, 0.2) is 36.7 Å². The molecule has 0 spiro atoms. The van der Waals surface area contributed by atoms with Crippen LogP contribution >= 0.6 is 23.2 Å². The second-order valence-corrected chi connectivity index (χ2v) is 4.40. The lowest BCUT2D eigenvalue weighted by atomic mass is 10.1. The molecular formula is C12H11Cl2N3. The zero-order chi connectivity index (χ0) is 12.1. The molecule has 5 heteroatoms. The van der Waals surface area contributed by atoms with Crippen LogP contribution in [0.2, 0.25) is 10.0 Å². The van der Waals surface area contributed by atoms with Crippen molar-refractivity contribution in [2.75, 3.05) is 11.9 Å². The van der Waals surface area contributed by atoms with Crippen LogP contribution in [0, 0.1) is 0 Å². The average Bonchev–Trinajstić information content (AvgIpc) is 2.34. The van der Waals surface area contributed by atoms with Gasteiger partial charge in [-0.2, -0.15) is 0 Å². The molecule has 1 heterocycles. The molecule has 0 aliphatic rings. The minimum absolute atomic E-state index is 0.535. The van der Waals surface area contributed by atoms with Crippen molar-refractivity contribution >= 4 is 29.2 Å². The first-order chi connectivity index (χ1) is 8.24. The molecule has 0 saturated heterocycles. The average molecular weight is 268 g/mol. The molecule has 0 unspecified atom stereocenters. The van der Waals surface area contributed by atoms with E-state index in [-0.39, 0.29) is 0 Å². The molecule has 0 bridgehead atoms. The standard InChI is InChI=1S/C12H11Cl2N3/c13-10-3-1-9(2-4-10)5-6-15-12-16-7-11(14)8-17-12/h1-4,7-8H,5-6H2,(H,15,16,17). The molecule has 0 aliphatic heterocycles. The number of nitrogens with zero attached hydrogens (tertiary/aromatic N) is 2. The quantitative estimate of drug-likeness (QED) is 0.923. The SMILES string of the molecule is Clc1ccc(CCNc2ncc(Cl)cn2)cc1. The van der Waals surface area contributed by atoms with Crippen molar-refractivity contribution in [1.29, 1.82) is 0 Å². The molecule has 1 N–H and O–H groups in total. The third-order valence-electron chi connectivity index (χ3n) is 2.23. The van der Waals surface area contributed by atoms with E-state index in [4.69, 9.17) is 23.2 Å². The highest BCUT2D eigenvalue weighted by atomic mass is 35.5. The van der Waals surface area contributed by atoms with E-state index in [9.17, 15) is 0 Å². The second-order valence-electron chi connectivity index (χ2n) is 3.53. The summed E-state index contributed by atoms with van der Waals surface area (Å²) >= 11 is 11.5. The first-order valence-corrected chi connectivity index (χ1v) is 5.95. The summed E-state index contributed by atoms with van der Waals surface area (Å²) in [6.45, 7) is 0.767. The number of halogens is 2. The highest BCUT2D eigenvalue weighted by molar-refractivity contribution is 6.30. The largest absolute Gasteiger partial charge is 0.354 e. The Hall–Kier alpha value is -1.32. The maximum Gasteiger partial charge on any atom is 0.222 e. The monoisotopic (exact) mass is 267 g/mol. The molecule has 0 fully saturated rings. The van der Waals surface area contributed by atoms with Gasteiger partial charge in [-0.05, 0) is 24.1 Å². The molecular weight excluding hydrogens is 257 g/mol. The smallest absolute Gasteiger partial charge is 0.222 e. The number of anilines is 1. The zero-order valence-electron chi connectivity index (χ0n) is 9.03. The predicted molar refractivity (Wildman–Crippen MR) is 70.7 cm³/mol. The highest BCUT2D eigenvalue weighted by Gasteiger charge is 1.96. The van der Waals surface area contributed by atoms with Crippen LogP contribution in [0.4, 0.5) is 5.95 Å². The number of benzene rings is 1. The predicted octanol–water partition coefficient (Wildman–Crippen LogP) is 3.44. The molecule has 0 radical (unpaired) electrons. The number of rotatable bonds is 4. The van der Waals surface area contributed by atoms with Gasteiger partial charge in [0.15, 0.2) is 0 Å². The van der Waals surface area contributed by atoms with E-state index >= 15 is 0 Å². The van der Waals surface area contributed by atoms with Crippen molar-refractivity contribution in [3.05, 3.63) is 52.3 Å². The maximum atomic E-state index is 5.81. The van der Waals surface area contributed by atoms with Crippen molar-refractivity contribution in [3.8, 4) is 0 Å². The Morgan fingerprint density at radius 2 is 1.59 bits per heavy atom. The molecule has 0 amide bonds. The topological polar surface area (TPSA) is 37.8 Å². The van der Waals surface area contributed by atoms with Crippen LogP contribution in [0.25, 0.3) is 0 Å². The Labute approximate surface area is 110 Å². The molecule has 0 aliphatic carbocycles. The van der Waals surface area contributed by atoms with E-state index in [0.29, 0.717) is 11.0 Å². The summed E-state index contributed by atoms with van der Waals surface area (Å²) in [7, 11) is 0. The first-order valence-electron chi connectivity index (χ1n) is 5.20. The Kier molecular flexibility index (Phi) is 4.18. The lowest BCUT2D eigenvalue weighted by Gasteiger charge is -2.04. The Morgan fingerprint density at radius 1 is 0.941 bits per heavy atom. The number of nitrogens with one attached hydrogen (secondary N) is 1. The zero-order valence-corrected chi connectivity index (χ0v) is 10.5. The van der Waals surface area contributed by atoms with Crippen molar-refractivity contribution in [1.82, 2.24) is 9.97 Å². The molecule has 88 valence electrons. The van der Waals surface area contributed by atoms with Crippen molar-refractivity contribution in [2.45, 2.75) is 6.42 Å². The van der Waals surface area contributed by atoms with Crippen molar-refractivity contribution in [2.24, 2.45) is 0 Å². The number of hydrogen-bond acceptors (Lipinski definition) is 3. The van der Waals surface area contributed by atoms with Gasteiger partial charge in [0.1, 0.15) is 0 Å². The van der Waals surface area contributed by atoms with Gasteiger partial charge in [-0.15, -0.1) is 0 Å². The Morgan fingerprint density at radius 3 is 2.24 bits per heavy atom. The van der Waals surface area contributed by atoms with Crippen molar-refractivity contribution < 1.29 is 0 Å². The normalized spacial score (nSPS) is 10.2. The van der Waals surface area contributed by atoms with Crippen LogP contribution < -0.4 is 5.32 Å². The summed E-state index contributed by atoms with van der Waals surface area (Å²) in [5, 5.41) is 4.41. The van der Waals surface area contributed by atoms with Gasteiger partial charge in [-0.25, -0.2) is 9.97 Å². The highest BCUT2D eigenvalue weighted by Crippen LogP contribution is 2.10. The van der Waals surface area contributed by atoms with E-state index in [1.807, 2.05) is 24.3 Å². The van der Waals surface area contributed by atoms with E-state index in [1.54, 1.807) is 12.4 Å². The van der Waals surface area contributed by atoms with Crippen molar-refractivity contribution in [3.63, 3.8) is 0 Å². The van der Waals surface area contributed by atoms with Crippen LogP contribution in [-0.2, 0) is 6.42 Å². The lowest BCUT2D eigenvalue weighted by molar-refractivity contribution is 0.984. The molecule has 2 aromatic rings. The molecule has 2 rings (SSSR count). The fraction of sp³-hybridized carbons (Fsp3) is 0.167. The lowest BCUT2D eigenvalue weighted by Crippen LogP contribution is -2.07. The minimum Gasteiger partial charge on any atom is -0.354 e. The Bertz CT molecular complexity index is 423. The first kappa shape index (κ1) is 12.1. The summed E-state index contributed by atoms with van der Waals surface area (Å²) in [6, 6.07) is 7.78. The van der Waals surface area contributed by atoms with Gasteiger partial charge in [-0.3, -0.25) is 0 Å². The van der Waals surface area contributed by atoms with Gasteiger partial charge in [0, 0.05) is 11.6 Å². The summed E-state index contributed by atoms with van der Waals surface area (Å²) < 4.78 is 0.